The van der Waals surface area contributed by atoms with Gasteiger partial charge in [0.25, 0.3) is 5.54 Å². The molecule has 0 saturated carbocycles. The van der Waals surface area contributed by atoms with Crippen molar-refractivity contribution in [2.75, 3.05) is 7.11 Å². The molecule has 0 spiro atoms. The highest BCUT2D eigenvalue weighted by Gasteiger charge is 2.57. The predicted molar refractivity (Wildman–Crippen MR) is 132 cm³/mol. The van der Waals surface area contributed by atoms with Crippen molar-refractivity contribution < 1.29 is 28.7 Å². The summed E-state index contributed by atoms with van der Waals surface area (Å²) in [7, 11) is 1.35. The molecule has 0 saturated heterocycles. The number of ether oxygens (including phenoxy) is 3. The van der Waals surface area contributed by atoms with Gasteiger partial charge in [-0.3, -0.25) is 10.1 Å². The Hall–Kier alpha value is -4.11. The fraction of sp³-hybridized carbons (Fsp3) is 0.296. The second-order valence-electron chi connectivity index (χ2n) is 8.66. The number of hydrogen-bond donors (Lipinski definition) is 0. The van der Waals surface area contributed by atoms with Crippen LogP contribution in [0.25, 0.3) is 5.76 Å². The van der Waals surface area contributed by atoms with Crippen LogP contribution >= 0.6 is 0 Å². The minimum absolute atomic E-state index is 0.0429. The van der Waals surface area contributed by atoms with Gasteiger partial charge in [0, 0.05) is 23.8 Å². The first-order valence-corrected chi connectivity index (χ1v) is 11.3. The summed E-state index contributed by atoms with van der Waals surface area (Å²) in [4.78, 5) is 43.0. The van der Waals surface area contributed by atoms with Crippen LogP contribution in [0.2, 0.25) is 0 Å². The Balaban J connectivity index is 2.25. The summed E-state index contributed by atoms with van der Waals surface area (Å²) >= 11 is 0. The average Bonchev–Trinajstić information content (AvgIpc) is 2.86. The number of rotatable bonds is 8. The van der Waals surface area contributed by atoms with E-state index in [9.17, 15) is 19.7 Å². The number of methoxy groups -OCH3 is 1. The fourth-order valence-electron chi connectivity index (χ4n) is 4.10. The van der Waals surface area contributed by atoms with Gasteiger partial charge in [0.15, 0.2) is 12.0 Å². The van der Waals surface area contributed by atoms with E-state index in [4.69, 9.17) is 14.2 Å². The van der Waals surface area contributed by atoms with E-state index in [1.54, 1.807) is 63.3 Å². The summed E-state index contributed by atoms with van der Waals surface area (Å²) in [5.74, 6) is -1.74. The SMILES string of the molecule is CC=C(OC(=O)c1c(C2([N+](=O)[O-])C=CC=CC2(C)C)ccnc1C(=O)OC(C)OC)c1ccccc1. The van der Waals surface area contributed by atoms with E-state index in [2.05, 4.69) is 4.98 Å². The van der Waals surface area contributed by atoms with Crippen molar-refractivity contribution in [2.45, 2.75) is 39.5 Å². The van der Waals surface area contributed by atoms with Crippen LogP contribution in [0.1, 0.15) is 59.7 Å². The minimum Gasteiger partial charge on any atom is -0.431 e. The van der Waals surface area contributed by atoms with Crippen molar-refractivity contribution in [3.63, 3.8) is 0 Å². The monoisotopic (exact) mass is 492 g/mol. The molecule has 2 unspecified atom stereocenters. The molecule has 0 bridgehead atoms. The number of carbonyl (C=O) groups is 2. The van der Waals surface area contributed by atoms with Gasteiger partial charge in [0.1, 0.15) is 11.3 Å². The number of benzene rings is 1. The van der Waals surface area contributed by atoms with E-state index < -0.39 is 39.8 Å². The van der Waals surface area contributed by atoms with Gasteiger partial charge >= 0.3 is 11.9 Å². The maximum absolute atomic E-state index is 13.7. The zero-order chi connectivity index (χ0) is 26.5. The molecule has 0 amide bonds. The van der Waals surface area contributed by atoms with Crippen LogP contribution in [0.4, 0.5) is 0 Å². The van der Waals surface area contributed by atoms with Crippen LogP contribution < -0.4 is 0 Å². The molecule has 1 aliphatic carbocycles. The summed E-state index contributed by atoms with van der Waals surface area (Å²) in [5, 5.41) is 12.7. The maximum atomic E-state index is 13.7. The molecule has 2 atom stereocenters. The molecule has 0 radical (unpaired) electrons. The molecule has 188 valence electrons. The van der Waals surface area contributed by atoms with Crippen molar-refractivity contribution in [1.82, 2.24) is 4.98 Å². The normalized spacial score (nSPS) is 19.4. The molecule has 1 aliphatic rings. The van der Waals surface area contributed by atoms with Gasteiger partial charge < -0.3 is 14.2 Å². The van der Waals surface area contributed by atoms with E-state index in [1.807, 2.05) is 6.07 Å². The smallest absolute Gasteiger partial charge is 0.360 e. The summed E-state index contributed by atoms with van der Waals surface area (Å²) in [6.45, 7) is 6.53. The third-order valence-electron chi connectivity index (χ3n) is 6.12. The van der Waals surface area contributed by atoms with Crippen molar-refractivity contribution in [1.29, 1.82) is 0 Å². The molecule has 3 rings (SSSR count). The number of hydrogen-bond acceptors (Lipinski definition) is 8. The topological polar surface area (TPSA) is 118 Å². The van der Waals surface area contributed by atoms with E-state index in [0.29, 0.717) is 5.56 Å². The highest BCUT2D eigenvalue weighted by molar-refractivity contribution is 6.04. The van der Waals surface area contributed by atoms with Gasteiger partial charge in [-0.25, -0.2) is 14.6 Å². The summed E-state index contributed by atoms with van der Waals surface area (Å²) < 4.78 is 15.9. The maximum Gasteiger partial charge on any atom is 0.360 e. The molecule has 0 aliphatic heterocycles. The van der Waals surface area contributed by atoms with Crippen LogP contribution in [-0.4, -0.2) is 35.2 Å². The molecular weight excluding hydrogens is 464 g/mol. The first-order chi connectivity index (χ1) is 17.1. The molecule has 2 aromatic rings. The molecule has 0 N–H and O–H groups in total. The second-order valence-corrected chi connectivity index (χ2v) is 8.66. The Bertz CT molecular complexity index is 1250. The molecule has 9 nitrogen and oxygen atoms in total. The van der Waals surface area contributed by atoms with E-state index >= 15 is 0 Å². The highest BCUT2D eigenvalue weighted by atomic mass is 16.7. The molecule has 1 heterocycles. The van der Waals surface area contributed by atoms with Crippen LogP contribution in [-0.2, 0) is 19.7 Å². The number of pyridine rings is 1. The second kappa shape index (κ2) is 10.7. The summed E-state index contributed by atoms with van der Waals surface area (Å²) in [5.41, 5.74) is -3.18. The third kappa shape index (κ3) is 4.83. The lowest BCUT2D eigenvalue weighted by atomic mass is 9.65. The zero-order valence-electron chi connectivity index (χ0n) is 20.8. The van der Waals surface area contributed by atoms with Gasteiger partial charge in [-0.2, -0.15) is 0 Å². The van der Waals surface area contributed by atoms with Crippen molar-refractivity contribution in [2.24, 2.45) is 5.41 Å². The van der Waals surface area contributed by atoms with Crippen LogP contribution in [0, 0.1) is 15.5 Å². The Kier molecular flexibility index (Phi) is 7.84. The van der Waals surface area contributed by atoms with Gasteiger partial charge in [-0.1, -0.05) is 48.6 Å². The summed E-state index contributed by atoms with van der Waals surface area (Å²) in [6.07, 6.45) is 8.20. The average molecular weight is 493 g/mol. The van der Waals surface area contributed by atoms with Crippen LogP contribution in [0.5, 0.6) is 0 Å². The van der Waals surface area contributed by atoms with E-state index in [1.165, 1.54) is 38.4 Å². The van der Waals surface area contributed by atoms with E-state index in [-0.39, 0.29) is 16.9 Å². The zero-order valence-corrected chi connectivity index (χ0v) is 20.8. The number of esters is 2. The molecule has 36 heavy (non-hydrogen) atoms. The number of aromatic nitrogens is 1. The molecule has 0 fully saturated rings. The quantitative estimate of drug-likeness (QED) is 0.165. The summed E-state index contributed by atoms with van der Waals surface area (Å²) in [6, 6.07) is 10.2. The minimum atomic E-state index is -1.90. The predicted octanol–water partition coefficient (Wildman–Crippen LogP) is 5.07. The Morgan fingerprint density at radius 2 is 1.75 bits per heavy atom. The van der Waals surface area contributed by atoms with Crippen molar-refractivity contribution in [3.05, 3.63) is 105 Å². The van der Waals surface area contributed by atoms with Gasteiger partial charge in [0.2, 0.25) is 0 Å². The van der Waals surface area contributed by atoms with Crippen LogP contribution in [0.3, 0.4) is 0 Å². The third-order valence-corrected chi connectivity index (χ3v) is 6.12. The Labute approximate surface area is 209 Å². The van der Waals surface area contributed by atoms with Gasteiger partial charge in [0.05, 0.1) is 11.0 Å². The van der Waals surface area contributed by atoms with Gasteiger partial charge in [-0.15, -0.1) is 0 Å². The van der Waals surface area contributed by atoms with Crippen molar-refractivity contribution >= 4 is 17.7 Å². The number of nitro groups is 1. The lowest BCUT2D eigenvalue weighted by molar-refractivity contribution is -0.581. The first-order valence-electron chi connectivity index (χ1n) is 11.3. The fourth-order valence-corrected chi connectivity index (χ4v) is 4.10. The van der Waals surface area contributed by atoms with E-state index in [0.717, 1.165) is 0 Å². The number of allylic oxidation sites excluding steroid dienone is 3. The largest absolute Gasteiger partial charge is 0.431 e. The molecule has 9 heteroatoms. The number of nitrogens with zero attached hydrogens (tertiary/aromatic N) is 2. The number of carbonyl (C=O) groups excluding carboxylic acids is 2. The van der Waals surface area contributed by atoms with Crippen molar-refractivity contribution in [3.8, 4) is 0 Å². The van der Waals surface area contributed by atoms with Crippen LogP contribution in [0.15, 0.2) is 73.0 Å². The standard InChI is InChI=1S/C27H28N2O7/c1-6-21(19-12-8-7-9-13-19)36-24(30)22-20(14-17-28-23(22)25(31)35-18(2)34-5)27(29(32)33)16-11-10-15-26(27,3)4/h6-18H,1-5H3. The Morgan fingerprint density at radius 1 is 1.08 bits per heavy atom. The van der Waals surface area contributed by atoms with Gasteiger partial charge in [-0.05, 0) is 45.9 Å². The molecule has 1 aromatic carbocycles. The first kappa shape index (κ1) is 26.5. The molecule has 1 aromatic heterocycles. The Morgan fingerprint density at radius 3 is 2.33 bits per heavy atom. The highest BCUT2D eigenvalue weighted by Crippen LogP contribution is 2.48. The lowest BCUT2D eigenvalue weighted by Gasteiger charge is -2.37. The lowest BCUT2D eigenvalue weighted by Crippen LogP contribution is -2.48. The molecular formula is C27H28N2O7.